The third-order valence-electron chi connectivity index (χ3n) is 5.19. The van der Waals surface area contributed by atoms with E-state index in [1.54, 1.807) is 0 Å². The lowest BCUT2D eigenvalue weighted by Gasteiger charge is -2.20. The summed E-state index contributed by atoms with van der Waals surface area (Å²) in [6.45, 7) is 2.13. The van der Waals surface area contributed by atoms with Crippen LogP contribution in [0.1, 0.15) is 77.6 Å². The molecule has 26 heavy (non-hydrogen) atoms. The van der Waals surface area contributed by atoms with Crippen LogP contribution >= 0.6 is 12.6 Å². The Morgan fingerprint density at radius 3 is 2.62 bits per heavy atom. The second-order valence-corrected chi connectivity index (χ2v) is 7.88. The number of hydrogen-bond donors (Lipinski definition) is 1. The summed E-state index contributed by atoms with van der Waals surface area (Å²) in [7, 11) is 1.40. The lowest BCUT2D eigenvalue weighted by atomic mass is 9.87. The summed E-state index contributed by atoms with van der Waals surface area (Å²) in [5.74, 6) is 0.576. The molecule has 1 saturated carbocycles. The molecule has 0 aromatic carbocycles. The van der Waals surface area contributed by atoms with Crippen LogP contribution in [0, 0.1) is 11.8 Å². The minimum atomic E-state index is -0.189. The summed E-state index contributed by atoms with van der Waals surface area (Å²) >= 11 is 4.60. The summed E-state index contributed by atoms with van der Waals surface area (Å²) in [4.78, 5) is 35.3. The first-order valence-electron chi connectivity index (χ1n) is 9.93. The van der Waals surface area contributed by atoms with E-state index in [0.29, 0.717) is 37.9 Å². The molecule has 1 fully saturated rings. The molecule has 0 heterocycles. The van der Waals surface area contributed by atoms with Gasteiger partial charge in [-0.3, -0.25) is 14.4 Å². The topological polar surface area (TPSA) is 60.4 Å². The summed E-state index contributed by atoms with van der Waals surface area (Å²) in [5.41, 5.74) is 0. The average molecular weight is 383 g/mol. The number of Topliss-reactive ketones (excluding diaryl/α,β-unsaturated/α-hetero) is 2. The van der Waals surface area contributed by atoms with Crippen LogP contribution in [0.3, 0.4) is 0 Å². The van der Waals surface area contributed by atoms with E-state index in [2.05, 4.69) is 24.3 Å². The van der Waals surface area contributed by atoms with Crippen molar-refractivity contribution < 1.29 is 19.1 Å². The van der Waals surface area contributed by atoms with Crippen LogP contribution in [0.15, 0.2) is 12.2 Å². The van der Waals surface area contributed by atoms with Crippen LogP contribution in [0.25, 0.3) is 0 Å². The van der Waals surface area contributed by atoms with Crippen molar-refractivity contribution in [2.75, 3.05) is 7.11 Å². The molecule has 1 aliphatic rings. The summed E-state index contributed by atoms with van der Waals surface area (Å²) < 4.78 is 4.61. The third kappa shape index (κ3) is 8.52. The van der Waals surface area contributed by atoms with Crippen molar-refractivity contribution in [3.8, 4) is 0 Å². The van der Waals surface area contributed by atoms with E-state index in [0.717, 1.165) is 38.5 Å². The molecule has 0 aliphatic heterocycles. The Balaban J connectivity index is 2.38. The molecule has 148 valence electrons. The fourth-order valence-electron chi connectivity index (χ4n) is 3.57. The van der Waals surface area contributed by atoms with Gasteiger partial charge in [0.05, 0.1) is 7.11 Å². The van der Waals surface area contributed by atoms with Gasteiger partial charge in [0.1, 0.15) is 11.6 Å². The molecule has 0 radical (unpaired) electrons. The Morgan fingerprint density at radius 2 is 1.92 bits per heavy atom. The predicted octanol–water partition coefficient (Wildman–Crippen LogP) is 4.71. The van der Waals surface area contributed by atoms with Gasteiger partial charge in [0.25, 0.3) is 0 Å². The van der Waals surface area contributed by atoms with Crippen molar-refractivity contribution in [1.29, 1.82) is 0 Å². The number of unbranched alkanes of at least 4 members (excludes halogenated alkanes) is 3. The van der Waals surface area contributed by atoms with Crippen LogP contribution in [-0.4, -0.2) is 29.9 Å². The summed E-state index contributed by atoms with van der Waals surface area (Å²) in [6, 6.07) is 0. The quantitative estimate of drug-likeness (QED) is 0.217. The zero-order valence-electron chi connectivity index (χ0n) is 16.2. The van der Waals surface area contributed by atoms with E-state index in [1.807, 2.05) is 12.2 Å². The fraction of sp³-hybridized carbons (Fsp3) is 0.762. The zero-order chi connectivity index (χ0) is 19.4. The Labute approximate surface area is 163 Å². The van der Waals surface area contributed by atoms with E-state index in [-0.39, 0.29) is 28.8 Å². The van der Waals surface area contributed by atoms with Crippen LogP contribution in [0.4, 0.5) is 0 Å². The van der Waals surface area contributed by atoms with Gasteiger partial charge in [-0.2, -0.15) is 12.6 Å². The molecular weight excluding hydrogens is 348 g/mol. The number of rotatable bonds is 13. The minimum Gasteiger partial charge on any atom is -0.469 e. The van der Waals surface area contributed by atoms with E-state index in [9.17, 15) is 14.4 Å². The van der Waals surface area contributed by atoms with Crippen molar-refractivity contribution in [2.24, 2.45) is 11.8 Å². The molecule has 0 saturated heterocycles. The molecule has 1 rings (SSSR count). The van der Waals surface area contributed by atoms with E-state index >= 15 is 0 Å². The van der Waals surface area contributed by atoms with Crippen LogP contribution < -0.4 is 0 Å². The lowest BCUT2D eigenvalue weighted by molar-refractivity contribution is -0.140. The highest BCUT2D eigenvalue weighted by Gasteiger charge is 2.39. The van der Waals surface area contributed by atoms with Gasteiger partial charge in [-0.05, 0) is 38.0 Å². The fourth-order valence-corrected chi connectivity index (χ4v) is 4.10. The van der Waals surface area contributed by atoms with Crippen LogP contribution in [-0.2, 0) is 19.1 Å². The molecule has 0 aromatic heterocycles. The SMILES string of the molecule is CCCCCC(=O)CC[C@H]1[C@H](S)CC(=O)[C@@H]1C/C=C\CCCC(=O)OC. The number of methoxy groups -OCH3 is 1. The molecule has 0 unspecified atom stereocenters. The highest BCUT2D eigenvalue weighted by atomic mass is 32.1. The molecule has 1 aliphatic carbocycles. The second kappa shape index (κ2) is 13.1. The Kier molecular flexibility index (Phi) is 11.6. The van der Waals surface area contributed by atoms with Gasteiger partial charge in [0.15, 0.2) is 0 Å². The van der Waals surface area contributed by atoms with Crippen LogP contribution in [0.2, 0.25) is 0 Å². The number of ether oxygens (including phenoxy) is 1. The number of hydrogen-bond acceptors (Lipinski definition) is 5. The molecular formula is C21H34O4S. The van der Waals surface area contributed by atoms with E-state index in [1.165, 1.54) is 7.11 Å². The Morgan fingerprint density at radius 1 is 1.15 bits per heavy atom. The molecule has 0 aromatic rings. The van der Waals surface area contributed by atoms with Gasteiger partial charge < -0.3 is 4.74 Å². The molecule has 4 nitrogen and oxygen atoms in total. The lowest BCUT2D eigenvalue weighted by Crippen LogP contribution is -2.19. The maximum Gasteiger partial charge on any atom is 0.305 e. The van der Waals surface area contributed by atoms with Crippen molar-refractivity contribution in [3.05, 3.63) is 12.2 Å². The van der Waals surface area contributed by atoms with Gasteiger partial charge in [0.2, 0.25) is 0 Å². The highest BCUT2D eigenvalue weighted by molar-refractivity contribution is 7.81. The third-order valence-corrected chi connectivity index (χ3v) is 5.75. The zero-order valence-corrected chi connectivity index (χ0v) is 17.1. The number of esters is 1. The average Bonchev–Trinajstić information content (AvgIpc) is 2.89. The summed E-state index contributed by atoms with van der Waals surface area (Å²) in [5, 5.41) is 0.0728. The molecule has 5 heteroatoms. The minimum absolute atomic E-state index is 0.0159. The normalized spacial score (nSPS) is 22.9. The number of thiol groups is 1. The van der Waals surface area contributed by atoms with Crippen LogP contribution in [0.5, 0.6) is 0 Å². The molecule has 0 N–H and O–H groups in total. The first-order valence-corrected chi connectivity index (χ1v) is 10.5. The van der Waals surface area contributed by atoms with Crippen molar-refractivity contribution in [3.63, 3.8) is 0 Å². The number of carbonyl (C=O) groups is 3. The molecule has 3 atom stereocenters. The number of carbonyl (C=O) groups excluding carboxylic acids is 3. The maximum absolute atomic E-state index is 12.3. The Hall–Kier alpha value is -1.10. The second-order valence-electron chi connectivity index (χ2n) is 7.22. The predicted molar refractivity (Wildman–Crippen MR) is 107 cm³/mol. The monoisotopic (exact) mass is 382 g/mol. The molecule has 0 spiro atoms. The van der Waals surface area contributed by atoms with Crippen molar-refractivity contribution in [1.82, 2.24) is 0 Å². The van der Waals surface area contributed by atoms with Gasteiger partial charge in [-0.15, -0.1) is 0 Å². The van der Waals surface area contributed by atoms with Crippen molar-refractivity contribution in [2.45, 2.75) is 82.8 Å². The maximum atomic E-state index is 12.3. The largest absolute Gasteiger partial charge is 0.469 e. The first-order chi connectivity index (χ1) is 12.5. The van der Waals surface area contributed by atoms with Crippen molar-refractivity contribution >= 4 is 30.2 Å². The standard InChI is InChI=1S/C21H34O4S/c1-3-4-7-10-16(22)13-14-18-17(19(23)15-20(18)26)11-8-5-6-9-12-21(24)25-2/h5,8,17-18,20,26H,3-4,6-7,9-15H2,1-2H3/b8-5-/t17-,18-,20-/m1/s1. The smallest absolute Gasteiger partial charge is 0.305 e. The van der Waals surface area contributed by atoms with E-state index < -0.39 is 0 Å². The summed E-state index contributed by atoms with van der Waals surface area (Å²) in [6.07, 6.45) is 12.5. The molecule has 0 bridgehead atoms. The van der Waals surface area contributed by atoms with Gasteiger partial charge in [-0.1, -0.05) is 31.9 Å². The first kappa shape index (κ1) is 22.9. The Bertz CT molecular complexity index is 486. The van der Waals surface area contributed by atoms with Gasteiger partial charge >= 0.3 is 5.97 Å². The van der Waals surface area contributed by atoms with E-state index in [4.69, 9.17) is 0 Å². The highest BCUT2D eigenvalue weighted by Crippen LogP contribution is 2.38. The molecule has 0 amide bonds. The van der Waals surface area contributed by atoms with Gasteiger partial charge in [0, 0.05) is 36.9 Å². The van der Waals surface area contributed by atoms with Gasteiger partial charge in [-0.25, -0.2) is 0 Å². The number of ketones is 2. The number of allylic oxidation sites excluding steroid dienone is 2.